The second-order valence-corrected chi connectivity index (χ2v) is 4.60. The van der Waals surface area contributed by atoms with Crippen molar-refractivity contribution < 1.29 is 9.47 Å². The maximum absolute atomic E-state index is 5.62. The fourth-order valence-corrected chi connectivity index (χ4v) is 2.44. The number of nitrogens with two attached hydrogens (primary N) is 1. The fraction of sp³-hybridized carbons (Fsp3) is 0.833. The van der Waals surface area contributed by atoms with Gasteiger partial charge in [-0.25, -0.2) is 0 Å². The first-order chi connectivity index (χ1) is 7.90. The third-order valence-electron chi connectivity index (χ3n) is 3.41. The third-order valence-corrected chi connectivity index (χ3v) is 3.41. The molecule has 16 heavy (non-hydrogen) atoms. The van der Waals surface area contributed by atoms with Crippen molar-refractivity contribution in [3.63, 3.8) is 0 Å². The van der Waals surface area contributed by atoms with Crippen molar-refractivity contribution >= 4 is 0 Å². The van der Waals surface area contributed by atoms with E-state index in [1.165, 1.54) is 18.4 Å². The molecule has 4 heteroatoms. The molecule has 0 aromatic carbocycles. The summed E-state index contributed by atoms with van der Waals surface area (Å²) < 4.78 is 11.0. The van der Waals surface area contributed by atoms with Crippen molar-refractivity contribution in [1.82, 2.24) is 5.43 Å². The van der Waals surface area contributed by atoms with E-state index in [2.05, 4.69) is 5.43 Å². The SMILES string of the molecule is NNC(CCC1CCCO1)C1=COCCC1. The summed E-state index contributed by atoms with van der Waals surface area (Å²) in [6, 6.07) is 0.254. The Bertz CT molecular complexity index is 237. The minimum atomic E-state index is 0.254. The average Bonchev–Trinajstić information content (AvgIpc) is 2.84. The quantitative estimate of drug-likeness (QED) is 0.550. The summed E-state index contributed by atoms with van der Waals surface area (Å²) in [5.41, 5.74) is 4.19. The summed E-state index contributed by atoms with van der Waals surface area (Å²) >= 11 is 0. The van der Waals surface area contributed by atoms with Crippen LogP contribution >= 0.6 is 0 Å². The average molecular weight is 226 g/mol. The lowest BCUT2D eigenvalue weighted by molar-refractivity contribution is 0.100. The molecule has 92 valence electrons. The maximum Gasteiger partial charge on any atom is 0.0876 e. The van der Waals surface area contributed by atoms with Gasteiger partial charge in [-0.05, 0) is 44.1 Å². The zero-order valence-corrected chi connectivity index (χ0v) is 9.78. The normalized spacial score (nSPS) is 27.3. The molecular formula is C12H22N2O2. The van der Waals surface area contributed by atoms with Crippen LogP contribution in [-0.4, -0.2) is 25.4 Å². The summed E-state index contributed by atoms with van der Waals surface area (Å²) in [6.45, 7) is 1.77. The van der Waals surface area contributed by atoms with Crippen molar-refractivity contribution in [2.24, 2.45) is 5.84 Å². The molecule has 2 aliphatic heterocycles. The van der Waals surface area contributed by atoms with E-state index in [4.69, 9.17) is 15.3 Å². The molecule has 2 unspecified atom stereocenters. The molecule has 0 aromatic heterocycles. The van der Waals surface area contributed by atoms with Crippen LogP contribution in [0.5, 0.6) is 0 Å². The van der Waals surface area contributed by atoms with E-state index in [1.807, 2.05) is 6.26 Å². The van der Waals surface area contributed by atoms with E-state index in [-0.39, 0.29) is 6.04 Å². The Labute approximate surface area is 97.1 Å². The van der Waals surface area contributed by atoms with Crippen LogP contribution in [0.2, 0.25) is 0 Å². The lowest BCUT2D eigenvalue weighted by atomic mass is 9.96. The van der Waals surface area contributed by atoms with Gasteiger partial charge < -0.3 is 9.47 Å². The zero-order chi connectivity index (χ0) is 11.2. The largest absolute Gasteiger partial charge is 0.501 e. The molecule has 2 aliphatic rings. The predicted molar refractivity (Wildman–Crippen MR) is 62.6 cm³/mol. The number of ether oxygens (including phenoxy) is 2. The Balaban J connectivity index is 1.77. The van der Waals surface area contributed by atoms with Crippen LogP contribution in [-0.2, 0) is 9.47 Å². The van der Waals surface area contributed by atoms with Crippen LogP contribution in [0.25, 0.3) is 0 Å². The number of hydrazine groups is 1. The van der Waals surface area contributed by atoms with E-state index in [9.17, 15) is 0 Å². The molecule has 0 spiro atoms. The molecule has 0 radical (unpaired) electrons. The van der Waals surface area contributed by atoms with Crippen LogP contribution in [0, 0.1) is 0 Å². The molecule has 3 N–H and O–H groups in total. The number of rotatable bonds is 5. The first-order valence-corrected chi connectivity index (χ1v) is 6.28. The first kappa shape index (κ1) is 11.9. The van der Waals surface area contributed by atoms with Gasteiger partial charge in [-0.2, -0.15) is 0 Å². The van der Waals surface area contributed by atoms with Crippen molar-refractivity contribution in [3.8, 4) is 0 Å². The molecule has 2 heterocycles. The number of nitrogens with one attached hydrogen (secondary N) is 1. The highest BCUT2D eigenvalue weighted by molar-refractivity contribution is 5.09. The Morgan fingerprint density at radius 2 is 2.38 bits per heavy atom. The van der Waals surface area contributed by atoms with Crippen LogP contribution in [0.4, 0.5) is 0 Å². The van der Waals surface area contributed by atoms with Gasteiger partial charge in [-0.1, -0.05) is 0 Å². The summed E-state index contributed by atoms with van der Waals surface area (Å²) in [5.74, 6) is 5.60. The molecule has 2 rings (SSSR count). The van der Waals surface area contributed by atoms with Gasteiger partial charge in [-0.3, -0.25) is 11.3 Å². The van der Waals surface area contributed by atoms with E-state index < -0.39 is 0 Å². The lowest BCUT2D eigenvalue weighted by Gasteiger charge is -2.23. The van der Waals surface area contributed by atoms with Crippen molar-refractivity contribution in [1.29, 1.82) is 0 Å². The highest BCUT2D eigenvalue weighted by atomic mass is 16.5. The lowest BCUT2D eigenvalue weighted by Crippen LogP contribution is -2.38. The molecule has 0 amide bonds. The van der Waals surface area contributed by atoms with Crippen molar-refractivity contribution in [3.05, 3.63) is 11.8 Å². The number of hydrogen-bond acceptors (Lipinski definition) is 4. The van der Waals surface area contributed by atoms with Gasteiger partial charge in [0.2, 0.25) is 0 Å². The second kappa shape index (κ2) is 6.23. The second-order valence-electron chi connectivity index (χ2n) is 4.60. The van der Waals surface area contributed by atoms with Gasteiger partial charge in [0.25, 0.3) is 0 Å². The van der Waals surface area contributed by atoms with E-state index in [0.717, 1.165) is 38.9 Å². The van der Waals surface area contributed by atoms with E-state index >= 15 is 0 Å². The summed E-state index contributed by atoms with van der Waals surface area (Å²) in [7, 11) is 0. The summed E-state index contributed by atoms with van der Waals surface area (Å²) in [4.78, 5) is 0. The van der Waals surface area contributed by atoms with E-state index in [0.29, 0.717) is 6.10 Å². The van der Waals surface area contributed by atoms with Gasteiger partial charge >= 0.3 is 0 Å². The van der Waals surface area contributed by atoms with Crippen molar-refractivity contribution in [2.45, 2.75) is 50.7 Å². The van der Waals surface area contributed by atoms with Gasteiger partial charge in [-0.15, -0.1) is 0 Å². The molecular weight excluding hydrogens is 204 g/mol. The van der Waals surface area contributed by atoms with Crippen LogP contribution in [0.15, 0.2) is 11.8 Å². The highest BCUT2D eigenvalue weighted by Crippen LogP contribution is 2.22. The van der Waals surface area contributed by atoms with Gasteiger partial charge in [0.1, 0.15) is 0 Å². The monoisotopic (exact) mass is 226 g/mol. The Morgan fingerprint density at radius 1 is 1.44 bits per heavy atom. The molecule has 0 saturated carbocycles. The first-order valence-electron chi connectivity index (χ1n) is 6.28. The fourth-order valence-electron chi connectivity index (χ4n) is 2.44. The van der Waals surface area contributed by atoms with E-state index in [1.54, 1.807) is 0 Å². The highest BCUT2D eigenvalue weighted by Gasteiger charge is 2.20. The maximum atomic E-state index is 5.62. The standard InChI is InChI=1S/C12H22N2O2/c13-14-12(10-3-1-7-15-9-10)6-5-11-4-2-8-16-11/h9,11-12,14H,1-8,13H2. The Morgan fingerprint density at radius 3 is 3.00 bits per heavy atom. The third kappa shape index (κ3) is 3.20. The predicted octanol–water partition coefficient (Wildman–Crippen LogP) is 1.47. The molecule has 0 aromatic rings. The minimum absolute atomic E-state index is 0.254. The molecule has 1 saturated heterocycles. The Kier molecular flexibility index (Phi) is 4.63. The summed E-state index contributed by atoms with van der Waals surface area (Å²) in [6.07, 6.45) is 9.06. The van der Waals surface area contributed by atoms with Gasteiger partial charge in [0.15, 0.2) is 0 Å². The summed E-state index contributed by atoms with van der Waals surface area (Å²) in [5, 5.41) is 0. The van der Waals surface area contributed by atoms with Crippen molar-refractivity contribution in [2.75, 3.05) is 13.2 Å². The topological polar surface area (TPSA) is 56.5 Å². The van der Waals surface area contributed by atoms with Crippen LogP contribution in [0.3, 0.4) is 0 Å². The molecule has 0 bridgehead atoms. The minimum Gasteiger partial charge on any atom is -0.501 e. The molecule has 0 aliphatic carbocycles. The van der Waals surface area contributed by atoms with Crippen LogP contribution in [0.1, 0.15) is 38.5 Å². The Hall–Kier alpha value is -0.580. The van der Waals surface area contributed by atoms with Gasteiger partial charge in [0, 0.05) is 12.6 Å². The number of hydrogen-bond donors (Lipinski definition) is 2. The smallest absolute Gasteiger partial charge is 0.0876 e. The molecule has 4 nitrogen and oxygen atoms in total. The molecule has 1 fully saturated rings. The van der Waals surface area contributed by atoms with Gasteiger partial charge in [0.05, 0.1) is 19.0 Å². The zero-order valence-electron chi connectivity index (χ0n) is 9.78. The molecule has 2 atom stereocenters. The van der Waals surface area contributed by atoms with Crippen LogP contribution < -0.4 is 11.3 Å².